The Labute approximate surface area is 217 Å². The maximum atomic E-state index is 13.7. The monoisotopic (exact) mass is 557 g/mol. The number of amides is 1. The SMILES string of the molecule is CCCSc1nc2n(n1)C(c1cc(Br)c(OC)c(OC)c1)C(C(=O)Nc1ccccc1C)=C(C)N2. The number of methoxy groups -OCH3 is 2. The Hall–Kier alpha value is -2.98. The summed E-state index contributed by atoms with van der Waals surface area (Å²) in [6.07, 6.45) is 1.01. The number of carbonyl (C=O) groups excluding carboxylic acids is 1. The zero-order valence-electron chi connectivity index (χ0n) is 20.3. The molecule has 2 heterocycles. The van der Waals surface area contributed by atoms with Crippen molar-refractivity contribution in [2.75, 3.05) is 30.6 Å². The van der Waals surface area contributed by atoms with Crippen LogP contribution in [0.5, 0.6) is 11.5 Å². The number of anilines is 2. The highest BCUT2D eigenvalue weighted by Gasteiger charge is 2.35. The number of nitrogens with one attached hydrogen (secondary N) is 2. The van der Waals surface area contributed by atoms with E-state index in [2.05, 4.69) is 38.5 Å². The molecule has 1 unspecified atom stereocenters. The standard InChI is InChI=1S/C25H28BrN5O3S/c1-6-11-35-25-29-24-27-15(3)20(23(32)28-18-10-8-7-9-14(18)2)21(31(24)30-25)16-12-17(26)22(34-5)19(13-16)33-4/h7-10,12-13,21H,6,11H2,1-5H3,(H,28,32)(H,27,29,30). The predicted octanol–water partition coefficient (Wildman–Crippen LogP) is 5.80. The number of benzene rings is 2. The predicted molar refractivity (Wildman–Crippen MR) is 143 cm³/mol. The minimum absolute atomic E-state index is 0.218. The van der Waals surface area contributed by atoms with E-state index in [0.717, 1.165) is 29.0 Å². The molecule has 3 aromatic rings. The molecular formula is C25H28BrN5O3S. The Balaban J connectivity index is 1.84. The number of para-hydroxylation sites is 1. The summed E-state index contributed by atoms with van der Waals surface area (Å²) in [6.45, 7) is 5.96. The smallest absolute Gasteiger partial charge is 0.255 e. The first-order chi connectivity index (χ1) is 16.9. The molecule has 184 valence electrons. The van der Waals surface area contributed by atoms with Gasteiger partial charge in [-0.3, -0.25) is 4.79 Å². The number of ether oxygens (including phenoxy) is 2. The van der Waals surface area contributed by atoms with Gasteiger partial charge in [0.15, 0.2) is 11.5 Å². The first-order valence-electron chi connectivity index (χ1n) is 11.2. The summed E-state index contributed by atoms with van der Waals surface area (Å²) in [7, 11) is 3.18. The summed E-state index contributed by atoms with van der Waals surface area (Å²) in [5, 5.41) is 11.8. The Bertz CT molecular complexity index is 1290. The van der Waals surface area contributed by atoms with Crippen LogP contribution >= 0.6 is 27.7 Å². The highest BCUT2D eigenvalue weighted by atomic mass is 79.9. The molecule has 0 fully saturated rings. The van der Waals surface area contributed by atoms with E-state index in [1.165, 1.54) is 0 Å². The second-order valence-corrected chi connectivity index (χ2v) is 10.0. The lowest BCUT2D eigenvalue weighted by Crippen LogP contribution is -2.31. The van der Waals surface area contributed by atoms with Crippen molar-refractivity contribution in [3.63, 3.8) is 0 Å². The molecule has 1 amide bonds. The van der Waals surface area contributed by atoms with E-state index in [-0.39, 0.29) is 5.91 Å². The van der Waals surface area contributed by atoms with Crippen LogP contribution in [0.1, 0.15) is 37.4 Å². The molecule has 0 saturated carbocycles. The van der Waals surface area contributed by atoms with Crippen molar-refractivity contribution in [1.82, 2.24) is 14.8 Å². The van der Waals surface area contributed by atoms with E-state index < -0.39 is 6.04 Å². The van der Waals surface area contributed by atoms with Gasteiger partial charge < -0.3 is 20.1 Å². The number of hydrogen-bond donors (Lipinski definition) is 2. The van der Waals surface area contributed by atoms with Crippen LogP contribution in [0.25, 0.3) is 0 Å². The van der Waals surface area contributed by atoms with Crippen molar-refractivity contribution in [3.8, 4) is 11.5 Å². The average molecular weight is 559 g/mol. The molecule has 1 aliphatic heterocycles. The van der Waals surface area contributed by atoms with Gasteiger partial charge in [-0.2, -0.15) is 4.98 Å². The van der Waals surface area contributed by atoms with Crippen LogP contribution in [0.3, 0.4) is 0 Å². The van der Waals surface area contributed by atoms with E-state index >= 15 is 0 Å². The number of allylic oxidation sites excluding steroid dienone is 1. The first kappa shape index (κ1) is 25.1. The third-order valence-electron chi connectivity index (χ3n) is 5.68. The molecule has 35 heavy (non-hydrogen) atoms. The average Bonchev–Trinajstić information content (AvgIpc) is 3.24. The fourth-order valence-corrected chi connectivity index (χ4v) is 5.29. The van der Waals surface area contributed by atoms with E-state index in [1.54, 1.807) is 30.7 Å². The summed E-state index contributed by atoms with van der Waals surface area (Å²) < 4.78 is 13.6. The van der Waals surface area contributed by atoms with Crippen LogP contribution in [0, 0.1) is 6.92 Å². The van der Waals surface area contributed by atoms with Crippen molar-refractivity contribution in [1.29, 1.82) is 0 Å². The molecule has 2 N–H and O–H groups in total. The van der Waals surface area contributed by atoms with Gasteiger partial charge in [-0.25, -0.2) is 4.68 Å². The lowest BCUT2D eigenvalue weighted by atomic mass is 9.94. The Morgan fingerprint density at radius 2 is 2.00 bits per heavy atom. The number of aromatic nitrogens is 3. The summed E-state index contributed by atoms with van der Waals surface area (Å²) in [5.41, 5.74) is 3.79. The first-order valence-corrected chi connectivity index (χ1v) is 13.0. The molecule has 1 aliphatic rings. The summed E-state index contributed by atoms with van der Waals surface area (Å²) in [4.78, 5) is 18.4. The zero-order valence-corrected chi connectivity index (χ0v) is 22.7. The quantitative estimate of drug-likeness (QED) is 0.338. The fourth-order valence-electron chi connectivity index (χ4n) is 3.99. The maximum Gasteiger partial charge on any atom is 0.255 e. The van der Waals surface area contributed by atoms with Gasteiger partial charge in [-0.1, -0.05) is 36.9 Å². The van der Waals surface area contributed by atoms with E-state index in [4.69, 9.17) is 14.6 Å². The maximum absolute atomic E-state index is 13.7. The number of fused-ring (bicyclic) bond motifs is 1. The van der Waals surface area contributed by atoms with Gasteiger partial charge in [-0.05, 0) is 65.5 Å². The number of nitrogens with zero attached hydrogens (tertiary/aromatic N) is 3. The van der Waals surface area contributed by atoms with Crippen molar-refractivity contribution >= 4 is 45.2 Å². The normalized spacial score (nSPS) is 14.9. The van der Waals surface area contributed by atoms with Crippen LogP contribution in [0.4, 0.5) is 11.6 Å². The van der Waals surface area contributed by atoms with Crippen LogP contribution in [0.15, 0.2) is 57.3 Å². The van der Waals surface area contributed by atoms with Crippen molar-refractivity contribution in [3.05, 3.63) is 63.3 Å². The molecule has 0 radical (unpaired) electrons. The number of rotatable bonds is 8. The van der Waals surface area contributed by atoms with Gasteiger partial charge in [0.25, 0.3) is 5.91 Å². The Kier molecular flexibility index (Phi) is 7.71. The van der Waals surface area contributed by atoms with Crippen LogP contribution < -0.4 is 20.1 Å². The van der Waals surface area contributed by atoms with Gasteiger partial charge >= 0.3 is 0 Å². The Morgan fingerprint density at radius 3 is 2.69 bits per heavy atom. The van der Waals surface area contributed by atoms with E-state index in [9.17, 15) is 4.79 Å². The summed E-state index contributed by atoms with van der Waals surface area (Å²) in [6, 6.07) is 11.0. The lowest BCUT2D eigenvalue weighted by molar-refractivity contribution is -0.113. The lowest BCUT2D eigenvalue weighted by Gasteiger charge is -2.29. The van der Waals surface area contributed by atoms with Crippen LogP contribution in [-0.2, 0) is 4.79 Å². The van der Waals surface area contributed by atoms with E-state index in [0.29, 0.717) is 38.3 Å². The molecule has 2 aromatic carbocycles. The molecule has 4 rings (SSSR count). The van der Waals surface area contributed by atoms with Crippen LogP contribution in [0.2, 0.25) is 0 Å². The number of hydrogen-bond acceptors (Lipinski definition) is 7. The van der Waals surface area contributed by atoms with Crippen molar-refractivity contribution in [2.45, 2.75) is 38.4 Å². The number of aryl methyl sites for hydroxylation is 1. The minimum Gasteiger partial charge on any atom is -0.493 e. The summed E-state index contributed by atoms with van der Waals surface area (Å²) >= 11 is 5.18. The van der Waals surface area contributed by atoms with Gasteiger partial charge in [0, 0.05) is 17.1 Å². The molecule has 10 heteroatoms. The van der Waals surface area contributed by atoms with Crippen molar-refractivity contribution < 1.29 is 14.3 Å². The topological polar surface area (TPSA) is 90.3 Å². The van der Waals surface area contributed by atoms with E-state index in [1.807, 2.05) is 50.2 Å². The van der Waals surface area contributed by atoms with Crippen LogP contribution in [-0.4, -0.2) is 40.6 Å². The molecular weight excluding hydrogens is 530 g/mol. The second-order valence-electron chi connectivity index (χ2n) is 8.08. The third kappa shape index (κ3) is 5.04. The minimum atomic E-state index is -0.533. The number of halogens is 1. The number of carbonyl (C=O) groups is 1. The highest BCUT2D eigenvalue weighted by molar-refractivity contribution is 9.10. The van der Waals surface area contributed by atoms with Gasteiger partial charge in [0.1, 0.15) is 6.04 Å². The molecule has 1 atom stereocenters. The molecule has 1 aromatic heterocycles. The van der Waals surface area contributed by atoms with Gasteiger partial charge in [-0.15, -0.1) is 5.10 Å². The molecule has 0 spiro atoms. The third-order valence-corrected chi connectivity index (χ3v) is 7.31. The fraction of sp³-hybridized carbons (Fsp3) is 0.320. The molecule has 8 nitrogen and oxygen atoms in total. The second kappa shape index (κ2) is 10.7. The van der Waals surface area contributed by atoms with Gasteiger partial charge in [0.05, 0.1) is 24.3 Å². The van der Waals surface area contributed by atoms with Crippen molar-refractivity contribution in [2.24, 2.45) is 0 Å². The summed E-state index contributed by atoms with van der Waals surface area (Å²) in [5.74, 6) is 2.40. The number of thioether (sulfide) groups is 1. The Morgan fingerprint density at radius 1 is 1.23 bits per heavy atom. The molecule has 0 saturated heterocycles. The van der Waals surface area contributed by atoms with Gasteiger partial charge in [0.2, 0.25) is 11.1 Å². The largest absolute Gasteiger partial charge is 0.493 e. The molecule has 0 bridgehead atoms. The molecule has 0 aliphatic carbocycles. The zero-order chi connectivity index (χ0) is 25.1. The highest BCUT2D eigenvalue weighted by Crippen LogP contribution is 2.43.